The van der Waals surface area contributed by atoms with Crippen molar-refractivity contribution in [1.29, 1.82) is 0 Å². The highest BCUT2D eigenvalue weighted by Gasteiger charge is 2.08. The van der Waals surface area contributed by atoms with Crippen molar-refractivity contribution in [3.63, 3.8) is 0 Å². The number of hydrogen-bond donors (Lipinski definition) is 1. The topological polar surface area (TPSA) is 51.0 Å². The Labute approximate surface area is 135 Å². The maximum absolute atomic E-state index is 6.11. The minimum absolute atomic E-state index is 0.413. The van der Waals surface area contributed by atoms with Gasteiger partial charge in [0.25, 0.3) is 0 Å². The van der Waals surface area contributed by atoms with Crippen LogP contribution in [0.5, 0.6) is 0 Å². The lowest BCUT2D eigenvalue weighted by Gasteiger charge is -2.06. The van der Waals surface area contributed by atoms with E-state index >= 15 is 0 Å². The number of hydrogen-bond acceptors (Lipinski definition) is 4. The van der Waals surface area contributed by atoms with Crippen LogP contribution in [0.2, 0.25) is 5.02 Å². The Kier molecular flexibility index (Phi) is 4.22. The first-order valence-electron chi connectivity index (χ1n) is 6.29. The normalized spacial score (nSPS) is 10.6. The molecule has 0 amide bonds. The SMILES string of the molecule is Clc1ccc(Br)cc1NCc1nnc(-c2ccccc2)o1. The fourth-order valence-corrected chi connectivity index (χ4v) is 2.37. The second-order valence-corrected chi connectivity index (χ2v) is 5.67. The monoisotopic (exact) mass is 363 g/mol. The first kappa shape index (κ1) is 14.1. The molecule has 3 rings (SSSR count). The van der Waals surface area contributed by atoms with Gasteiger partial charge < -0.3 is 9.73 Å². The summed E-state index contributed by atoms with van der Waals surface area (Å²) in [5, 5.41) is 11.9. The van der Waals surface area contributed by atoms with Gasteiger partial charge in [0.15, 0.2) is 0 Å². The number of rotatable bonds is 4. The molecule has 0 radical (unpaired) electrons. The van der Waals surface area contributed by atoms with Crippen LogP contribution in [0.4, 0.5) is 5.69 Å². The van der Waals surface area contributed by atoms with Gasteiger partial charge in [-0.25, -0.2) is 0 Å². The van der Waals surface area contributed by atoms with E-state index in [0.29, 0.717) is 23.3 Å². The van der Waals surface area contributed by atoms with Crippen LogP contribution >= 0.6 is 27.5 Å². The smallest absolute Gasteiger partial charge is 0.247 e. The highest BCUT2D eigenvalue weighted by Crippen LogP contribution is 2.26. The molecule has 1 N–H and O–H groups in total. The molecule has 0 atom stereocenters. The fraction of sp³-hybridized carbons (Fsp3) is 0.0667. The van der Waals surface area contributed by atoms with Crippen molar-refractivity contribution in [1.82, 2.24) is 10.2 Å². The van der Waals surface area contributed by atoms with E-state index in [1.807, 2.05) is 48.5 Å². The molecule has 0 saturated carbocycles. The van der Waals surface area contributed by atoms with Crippen molar-refractivity contribution in [2.75, 3.05) is 5.32 Å². The number of aromatic nitrogens is 2. The van der Waals surface area contributed by atoms with Crippen LogP contribution in [0, 0.1) is 0 Å². The van der Waals surface area contributed by atoms with Gasteiger partial charge in [-0.15, -0.1) is 10.2 Å². The van der Waals surface area contributed by atoms with E-state index in [9.17, 15) is 0 Å². The molecule has 0 fully saturated rings. The van der Waals surface area contributed by atoms with E-state index < -0.39 is 0 Å². The molecule has 1 aromatic heterocycles. The lowest BCUT2D eigenvalue weighted by molar-refractivity contribution is 0.515. The number of benzene rings is 2. The molecular formula is C15H11BrClN3O. The van der Waals surface area contributed by atoms with Crippen LogP contribution in [0.3, 0.4) is 0 Å². The minimum atomic E-state index is 0.413. The van der Waals surface area contributed by atoms with E-state index in [0.717, 1.165) is 15.7 Å². The van der Waals surface area contributed by atoms with Crippen LogP contribution in [-0.4, -0.2) is 10.2 Å². The zero-order valence-electron chi connectivity index (χ0n) is 10.9. The summed E-state index contributed by atoms with van der Waals surface area (Å²) in [6, 6.07) is 15.3. The number of nitrogens with one attached hydrogen (secondary N) is 1. The van der Waals surface area contributed by atoms with Gasteiger partial charge in [0, 0.05) is 10.0 Å². The molecule has 0 spiro atoms. The third kappa shape index (κ3) is 3.43. The van der Waals surface area contributed by atoms with Gasteiger partial charge in [0.05, 0.1) is 17.3 Å². The molecule has 106 valence electrons. The molecule has 0 aliphatic carbocycles. The van der Waals surface area contributed by atoms with E-state index in [1.54, 1.807) is 0 Å². The average molecular weight is 365 g/mol. The molecule has 3 aromatic rings. The van der Waals surface area contributed by atoms with E-state index in [1.165, 1.54) is 0 Å². The van der Waals surface area contributed by atoms with E-state index in [-0.39, 0.29) is 0 Å². The maximum Gasteiger partial charge on any atom is 0.247 e. The zero-order valence-corrected chi connectivity index (χ0v) is 13.2. The Morgan fingerprint density at radius 2 is 1.90 bits per heavy atom. The fourth-order valence-electron chi connectivity index (χ4n) is 1.83. The minimum Gasteiger partial charge on any atom is -0.419 e. The third-order valence-corrected chi connectivity index (χ3v) is 3.67. The van der Waals surface area contributed by atoms with Crippen molar-refractivity contribution in [3.8, 4) is 11.5 Å². The highest BCUT2D eigenvalue weighted by atomic mass is 79.9. The summed E-state index contributed by atoms with van der Waals surface area (Å²) < 4.78 is 6.57. The predicted octanol–water partition coefficient (Wildman–Crippen LogP) is 4.76. The van der Waals surface area contributed by atoms with Crippen molar-refractivity contribution in [2.24, 2.45) is 0 Å². The molecule has 4 nitrogen and oxygen atoms in total. The quantitative estimate of drug-likeness (QED) is 0.725. The van der Waals surface area contributed by atoms with E-state index in [4.69, 9.17) is 16.0 Å². The second kappa shape index (κ2) is 6.28. The molecule has 0 aliphatic heterocycles. The van der Waals surface area contributed by atoms with Crippen molar-refractivity contribution in [2.45, 2.75) is 6.54 Å². The summed E-state index contributed by atoms with van der Waals surface area (Å²) >= 11 is 9.52. The Hall–Kier alpha value is -1.85. The molecule has 0 unspecified atom stereocenters. The Morgan fingerprint density at radius 3 is 2.71 bits per heavy atom. The number of anilines is 1. The molecule has 6 heteroatoms. The summed E-state index contributed by atoms with van der Waals surface area (Å²) in [5.41, 5.74) is 1.71. The van der Waals surface area contributed by atoms with Gasteiger partial charge in [-0.1, -0.05) is 45.7 Å². The lowest BCUT2D eigenvalue weighted by Crippen LogP contribution is -2.00. The van der Waals surface area contributed by atoms with Gasteiger partial charge in [0.1, 0.15) is 0 Å². The highest BCUT2D eigenvalue weighted by molar-refractivity contribution is 9.10. The number of halogens is 2. The van der Waals surface area contributed by atoms with Crippen molar-refractivity contribution in [3.05, 3.63) is 63.9 Å². The first-order valence-corrected chi connectivity index (χ1v) is 7.46. The standard InChI is InChI=1S/C15H11BrClN3O/c16-11-6-7-12(17)13(8-11)18-9-14-19-20-15(21-14)10-4-2-1-3-5-10/h1-8,18H,9H2. The average Bonchev–Trinajstić information content (AvgIpc) is 2.98. The second-order valence-electron chi connectivity index (χ2n) is 4.34. The Morgan fingerprint density at radius 1 is 1.10 bits per heavy atom. The molecular weight excluding hydrogens is 354 g/mol. The summed E-state index contributed by atoms with van der Waals surface area (Å²) in [4.78, 5) is 0. The van der Waals surface area contributed by atoms with Gasteiger partial charge >= 0.3 is 0 Å². The molecule has 1 heterocycles. The van der Waals surface area contributed by atoms with Crippen molar-refractivity contribution < 1.29 is 4.42 Å². The van der Waals surface area contributed by atoms with Crippen LogP contribution in [0.25, 0.3) is 11.5 Å². The molecule has 2 aromatic carbocycles. The number of nitrogens with zero attached hydrogens (tertiary/aromatic N) is 2. The van der Waals surface area contributed by atoms with Gasteiger partial charge in [-0.05, 0) is 30.3 Å². The summed E-state index contributed by atoms with van der Waals surface area (Å²) in [7, 11) is 0. The van der Waals surface area contributed by atoms with Gasteiger partial charge in [-0.3, -0.25) is 0 Å². The Balaban J connectivity index is 1.72. The van der Waals surface area contributed by atoms with Crippen LogP contribution in [-0.2, 0) is 6.54 Å². The van der Waals surface area contributed by atoms with Crippen molar-refractivity contribution >= 4 is 33.2 Å². The Bertz CT molecular complexity index is 746. The van der Waals surface area contributed by atoms with Gasteiger partial charge in [0.2, 0.25) is 11.8 Å². The molecule has 0 bridgehead atoms. The summed E-state index contributed by atoms with van der Waals surface area (Å²) in [5.74, 6) is 1.01. The lowest BCUT2D eigenvalue weighted by atomic mass is 10.2. The first-order chi connectivity index (χ1) is 10.2. The van der Waals surface area contributed by atoms with E-state index in [2.05, 4.69) is 31.4 Å². The predicted molar refractivity (Wildman–Crippen MR) is 86.2 cm³/mol. The van der Waals surface area contributed by atoms with Crippen LogP contribution in [0.1, 0.15) is 5.89 Å². The third-order valence-electron chi connectivity index (χ3n) is 2.85. The molecule has 0 saturated heterocycles. The zero-order chi connectivity index (χ0) is 14.7. The molecule has 21 heavy (non-hydrogen) atoms. The largest absolute Gasteiger partial charge is 0.419 e. The summed E-state index contributed by atoms with van der Waals surface area (Å²) in [6.45, 7) is 0.413. The molecule has 0 aliphatic rings. The van der Waals surface area contributed by atoms with Crippen LogP contribution < -0.4 is 5.32 Å². The maximum atomic E-state index is 6.11. The summed E-state index contributed by atoms with van der Waals surface area (Å²) in [6.07, 6.45) is 0. The van der Waals surface area contributed by atoms with Gasteiger partial charge in [-0.2, -0.15) is 0 Å². The van der Waals surface area contributed by atoms with Crippen LogP contribution in [0.15, 0.2) is 57.4 Å².